The highest BCUT2D eigenvalue weighted by atomic mass is 19.4. The zero-order chi connectivity index (χ0) is 19.6. The van der Waals surface area contributed by atoms with Crippen LogP contribution in [0.3, 0.4) is 0 Å². The van der Waals surface area contributed by atoms with Crippen LogP contribution in [-0.2, 0) is 11.3 Å². The van der Waals surface area contributed by atoms with Gasteiger partial charge in [0, 0.05) is 17.0 Å². The quantitative estimate of drug-likeness (QED) is 0.333. The molecule has 0 aliphatic rings. The monoisotopic (exact) mass is 374 g/mol. The largest absolute Gasteiger partial charge is 0.451 e. The van der Waals surface area contributed by atoms with E-state index in [0.717, 1.165) is 16.7 Å². The molecular formula is C15H13F3N2O6. The van der Waals surface area contributed by atoms with Gasteiger partial charge in [-0.3, -0.25) is 14.9 Å². The molecule has 0 saturated heterocycles. The Labute approximate surface area is 144 Å². The Kier molecular flexibility index (Phi) is 5.19. The number of rotatable bonds is 6. The third-order valence-corrected chi connectivity index (χ3v) is 3.52. The lowest BCUT2D eigenvalue weighted by Gasteiger charge is -2.12. The molecular weight excluding hydrogens is 361 g/mol. The number of carbonyl (C=O) groups excluding carboxylic acids is 2. The summed E-state index contributed by atoms with van der Waals surface area (Å²) in [5, 5.41) is 10.5. The van der Waals surface area contributed by atoms with Crippen molar-refractivity contribution in [2.24, 2.45) is 0 Å². The SMILES string of the molecule is Cc1cc(C(=O)COC(=O)c2ccc([N+](=O)[O-])o2)c(C)n1CC(F)(F)F. The number of esters is 1. The molecule has 0 aliphatic carbocycles. The van der Waals surface area contributed by atoms with Gasteiger partial charge in [-0.2, -0.15) is 13.2 Å². The molecule has 0 aliphatic heterocycles. The van der Waals surface area contributed by atoms with Crippen molar-refractivity contribution in [3.63, 3.8) is 0 Å². The van der Waals surface area contributed by atoms with Gasteiger partial charge in [0.05, 0.1) is 6.07 Å². The fraction of sp³-hybridized carbons (Fsp3) is 0.333. The Morgan fingerprint density at radius 3 is 2.50 bits per heavy atom. The predicted octanol–water partition coefficient (Wildman–Crippen LogP) is 3.21. The molecule has 0 N–H and O–H groups in total. The first kappa shape index (κ1) is 19.2. The number of furan rings is 1. The van der Waals surface area contributed by atoms with E-state index < -0.39 is 47.6 Å². The number of halogens is 3. The molecule has 11 heteroatoms. The summed E-state index contributed by atoms with van der Waals surface area (Å²) in [4.78, 5) is 33.5. The van der Waals surface area contributed by atoms with E-state index in [1.165, 1.54) is 19.9 Å². The van der Waals surface area contributed by atoms with Crippen LogP contribution in [0.5, 0.6) is 0 Å². The van der Waals surface area contributed by atoms with Crippen LogP contribution in [0.15, 0.2) is 22.6 Å². The molecule has 0 amide bonds. The van der Waals surface area contributed by atoms with Crippen molar-refractivity contribution in [2.45, 2.75) is 26.6 Å². The minimum atomic E-state index is -4.45. The molecule has 0 spiro atoms. The third kappa shape index (κ3) is 4.29. The molecule has 0 saturated carbocycles. The van der Waals surface area contributed by atoms with Gasteiger partial charge in [-0.15, -0.1) is 0 Å². The van der Waals surface area contributed by atoms with Gasteiger partial charge >= 0.3 is 18.0 Å². The number of aromatic nitrogens is 1. The van der Waals surface area contributed by atoms with Gasteiger partial charge in [0.1, 0.15) is 11.5 Å². The van der Waals surface area contributed by atoms with Gasteiger partial charge in [-0.1, -0.05) is 0 Å². The maximum atomic E-state index is 12.6. The first-order valence-electron chi connectivity index (χ1n) is 7.17. The molecule has 2 rings (SSSR count). The smallest absolute Gasteiger partial charge is 0.433 e. The van der Waals surface area contributed by atoms with Gasteiger partial charge < -0.3 is 13.7 Å². The number of alkyl halides is 3. The summed E-state index contributed by atoms with van der Waals surface area (Å²) in [6.07, 6.45) is -4.45. The number of ketones is 1. The highest BCUT2D eigenvalue weighted by Crippen LogP contribution is 2.23. The number of hydrogen-bond acceptors (Lipinski definition) is 6. The molecule has 140 valence electrons. The van der Waals surface area contributed by atoms with E-state index in [1.807, 2.05) is 0 Å². The fourth-order valence-electron chi connectivity index (χ4n) is 2.32. The molecule has 0 unspecified atom stereocenters. The predicted molar refractivity (Wildman–Crippen MR) is 79.9 cm³/mol. The lowest BCUT2D eigenvalue weighted by atomic mass is 10.1. The van der Waals surface area contributed by atoms with Crippen molar-refractivity contribution >= 4 is 17.6 Å². The molecule has 0 bridgehead atoms. The number of nitro groups is 1. The lowest BCUT2D eigenvalue weighted by Crippen LogP contribution is -2.20. The standard InChI is InChI=1S/C15H13F3N2O6/c1-8-5-10(9(2)19(8)7-15(16,17)18)11(21)6-25-14(22)12-3-4-13(26-12)20(23)24/h3-5H,6-7H2,1-2H3. The molecule has 0 aromatic carbocycles. The van der Waals surface area contributed by atoms with E-state index in [1.54, 1.807) is 0 Å². The number of Topliss-reactive ketones (excluding diaryl/α,β-unsaturated/α-hetero) is 1. The van der Waals surface area contributed by atoms with Crippen LogP contribution >= 0.6 is 0 Å². The summed E-state index contributed by atoms with van der Waals surface area (Å²) in [6.45, 7) is 0.782. The first-order valence-corrected chi connectivity index (χ1v) is 7.17. The summed E-state index contributed by atoms with van der Waals surface area (Å²) >= 11 is 0. The van der Waals surface area contributed by atoms with Gasteiger partial charge in [0.2, 0.25) is 11.5 Å². The van der Waals surface area contributed by atoms with Crippen molar-refractivity contribution < 1.29 is 36.8 Å². The molecule has 2 heterocycles. The summed E-state index contributed by atoms with van der Waals surface area (Å²) < 4.78 is 48.0. The second kappa shape index (κ2) is 7.02. The van der Waals surface area contributed by atoms with Gasteiger partial charge in [-0.25, -0.2) is 4.79 Å². The van der Waals surface area contributed by atoms with Crippen LogP contribution in [0.1, 0.15) is 32.3 Å². The second-order valence-corrected chi connectivity index (χ2v) is 5.38. The maximum absolute atomic E-state index is 12.6. The Balaban J connectivity index is 2.07. The van der Waals surface area contributed by atoms with Crippen molar-refractivity contribution in [2.75, 3.05) is 6.61 Å². The average molecular weight is 374 g/mol. The van der Waals surface area contributed by atoms with Crippen LogP contribution in [0.25, 0.3) is 0 Å². The summed E-state index contributed by atoms with van der Waals surface area (Å²) in [5.74, 6) is -2.94. The van der Waals surface area contributed by atoms with Crippen LogP contribution < -0.4 is 0 Å². The number of aryl methyl sites for hydroxylation is 1. The average Bonchev–Trinajstić information content (AvgIpc) is 3.12. The van der Waals surface area contributed by atoms with Crippen LogP contribution in [-0.4, -0.2) is 34.0 Å². The Morgan fingerprint density at radius 2 is 1.96 bits per heavy atom. The fourth-order valence-corrected chi connectivity index (χ4v) is 2.32. The summed E-state index contributed by atoms with van der Waals surface area (Å²) in [5.41, 5.74) is 0.315. The van der Waals surface area contributed by atoms with Crippen LogP contribution in [0, 0.1) is 24.0 Å². The highest BCUT2D eigenvalue weighted by Gasteiger charge is 2.30. The first-order chi connectivity index (χ1) is 12.0. The van der Waals surface area contributed by atoms with E-state index in [-0.39, 0.29) is 17.0 Å². The normalized spacial score (nSPS) is 11.4. The molecule has 2 aromatic rings. The number of hydrogen-bond donors (Lipinski definition) is 0. The molecule has 2 aromatic heterocycles. The van der Waals surface area contributed by atoms with Gasteiger partial charge in [0.25, 0.3) is 0 Å². The van der Waals surface area contributed by atoms with Crippen molar-refractivity contribution in [1.82, 2.24) is 4.57 Å². The maximum Gasteiger partial charge on any atom is 0.433 e. The van der Waals surface area contributed by atoms with E-state index in [0.29, 0.717) is 0 Å². The number of carbonyl (C=O) groups is 2. The zero-order valence-corrected chi connectivity index (χ0v) is 13.6. The summed E-state index contributed by atoms with van der Waals surface area (Å²) in [7, 11) is 0. The van der Waals surface area contributed by atoms with Gasteiger partial charge in [0.15, 0.2) is 6.61 Å². The summed E-state index contributed by atoms with van der Waals surface area (Å²) in [6, 6.07) is 3.23. The van der Waals surface area contributed by atoms with Crippen molar-refractivity contribution in [3.8, 4) is 0 Å². The number of ether oxygens (including phenoxy) is 1. The lowest BCUT2D eigenvalue weighted by molar-refractivity contribution is -0.402. The van der Waals surface area contributed by atoms with Crippen molar-refractivity contribution in [1.29, 1.82) is 0 Å². The Morgan fingerprint density at radius 1 is 1.31 bits per heavy atom. The van der Waals surface area contributed by atoms with Crippen LogP contribution in [0.2, 0.25) is 0 Å². The van der Waals surface area contributed by atoms with Crippen molar-refractivity contribution in [3.05, 3.63) is 51.0 Å². The van der Waals surface area contributed by atoms with E-state index >= 15 is 0 Å². The van der Waals surface area contributed by atoms with E-state index in [2.05, 4.69) is 4.42 Å². The molecule has 8 nitrogen and oxygen atoms in total. The zero-order valence-electron chi connectivity index (χ0n) is 13.6. The molecule has 0 fully saturated rings. The second-order valence-electron chi connectivity index (χ2n) is 5.38. The van der Waals surface area contributed by atoms with E-state index in [9.17, 15) is 32.9 Å². The third-order valence-electron chi connectivity index (χ3n) is 3.52. The van der Waals surface area contributed by atoms with Gasteiger partial charge in [-0.05, 0) is 26.0 Å². The Bertz CT molecular complexity index is 865. The highest BCUT2D eigenvalue weighted by molar-refractivity contribution is 6.00. The van der Waals surface area contributed by atoms with Crippen LogP contribution in [0.4, 0.5) is 19.1 Å². The molecule has 26 heavy (non-hydrogen) atoms. The number of nitrogens with zero attached hydrogens (tertiary/aromatic N) is 2. The van der Waals surface area contributed by atoms with E-state index in [4.69, 9.17) is 4.74 Å². The minimum absolute atomic E-state index is 0.00928. The molecule has 0 radical (unpaired) electrons. The minimum Gasteiger partial charge on any atom is -0.451 e. The Hall–Kier alpha value is -3.11. The molecule has 0 atom stereocenters. The topological polar surface area (TPSA) is 105 Å².